The standard InChI is InChI=1S/C20H29N3O3/c1-15(2)16-4-3-5-18(12-16)21-20(25)17-13-19(24)23(14-17)7-6-22-8-10-26-11-9-22/h3-5,12,15,17H,6-11,13-14H2,1-2H3,(H,21,25). The SMILES string of the molecule is CC(C)c1cccc(NC(=O)C2CC(=O)N(CCN3CCOCC3)C2)c1. The molecule has 1 aromatic carbocycles. The fraction of sp³-hybridized carbons (Fsp3) is 0.600. The number of hydrogen-bond donors (Lipinski definition) is 1. The van der Waals surface area contributed by atoms with Crippen molar-refractivity contribution in [3.63, 3.8) is 0 Å². The number of carbonyl (C=O) groups is 2. The maximum absolute atomic E-state index is 12.6. The number of hydrogen-bond acceptors (Lipinski definition) is 4. The van der Waals surface area contributed by atoms with E-state index in [1.165, 1.54) is 5.56 Å². The number of carbonyl (C=O) groups excluding carboxylic acids is 2. The lowest BCUT2D eigenvalue weighted by atomic mass is 10.0. The van der Waals surface area contributed by atoms with Crippen LogP contribution in [0.25, 0.3) is 0 Å². The molecule has 26 heavy (non-hydrogen) atoms. The molecule has 6 heteroatoms. The molecule has 2 saturated heterocycles. The van der Waals surface area contributed by atoms with E-state index in [0.717, 1.165) is 38.5 Å². The van der Waals surface area contributed by atoms with E-state index >= 15 is 0 Å². The lowest BCUT2D eigenvalue weighted by Crippen LogP contribution is -2.42. The maximum Gasteiger partial charge on any atom is 0.229 e. The molecule has 142 valence electrons. The monoisotopic (exact) mass is 359 g/mol. The van der Waals surface area contributed by atoms with Gasteiger partial charge in [0.25, 0.3) is 0 Å². The van der Waals surface area contributed by atoms with Crippen LogP contribution in [0.5, 0.6) is 0 Å². The number of benzene rings is 1. The Labute approximate surface area is 155 Å². The van der Waals surface area contributed by atoms with Crippen LogP contribution in [0.4, 0.5) is 5.69 Å². The van der Waals surface area contributed by atoms with Gasteiger partial charge in [0, 0.05) is 44.8 Å². The highest BCUT2D eigenvalue weighted by atomic mass is 16.5. The van der Waals surface area contributed by atoms with Crippen LogP contribution in [0.15, 0.2) is 24.3 Å². The quantitative estimate of drug-likeness (QED) is 0.843. The number of likely N-dealkylation sites (tertiary alicyclic amines) is 1. The van der Waals surface area contributed by atoms with E-state index in [9.17, 15) is 9.59 Å². The van der Waals surface area contributed by atoms with E-state index in [1.54, 1.807) is 0 Å². The van der Waals surface area contributed by atoms with Crippen molar-refractivity contribution in [2.45, 2.75) is 26.2 Å². The lowest BCUT2D eigenvalue weighted by molar-refractivity contribution is -0.128. The van der Waals surface area contributed by atoms with Crippen molar-refractivity contribution in [3.05, 3.63) is 29.8 Å². The minimum atomic E-state index is -0.269. The second kappa shape index (κ2) is 8.64. The van der Waals surface area contributed by atoms with Crippen LogP contribution in [0.2, 0.25) is 0 Å². The average molecular weight is 359 g/mol. The molecule has 1 atom stereocenters. The summed E-state index contributed by atoms with van der Waals surface area (Å²) < 4.78 is 5.35. The van der Waals surface area contributed by atoms with Crippen LogP contribution in [0.1, 0.15) is 31.7 Å². The molecule has 2 amide bonds. The zero-order valence-electron chi connectivity index (χ0n) is 15.7. The highest BCUT2D eigenvalue weighted by molar-refractivity contribution is 5.97. The van der Waals surface area contributed by atoms with Crippen molar-refractivity contribution in [1.82, 2.24) is 9.80 Å². The first-order valence-electron chi connectivity index (χ1n) is 9.51. The predicted octanol–water partition coefficient (Wildman–Crippen LogP) is 1.93. The number of amides is 2. The van der Waals surface area contributed by atoms with Crippen molar-refractivity contribution < 1.29 is 14.3 Å². The van der Waals surface area contributed by atoms with Crippen LogP contribution < -0.4 is 5.32 Å². The number of nitrogens with one attached hydrogen (secondary N) is 1. The fourth-order valence-electron chi connectivity index (χ4n) is 3.47. The molecule has 2 fully saturated rings. The average Bonchev–Trinajstić information content (AvgIpc) is 3.02. The Morgan fingerprint density at radius 3 is 2.77 bits per heavy atom. The summed E-state index contributed by atoms with van der Waals surface area (Å²) in [6, 6.07) is 7.93. The Hall–Kier alpha value is -1.92. The van der Waals surface area contributed by atoms with Crippen LogP contribution in [-0.2, 0) is 14.3 Å². The lowest BCUT2D eigenvalue weighted by Gasteiger charge is -2.28. The summed E-state index contributed by atoms with van der Waals surface area (Å²) in [4.78, 5) is 29.0. The predicted molar refractivity (Wildman–Crippen MR) is 101 cm³/mol. The Morgan fingerprint density at radius 2 is 2.04 bits per heavy atom. The number of nitrogens with zero attached hydrogens (tertiary/aromatic N) is 2. The molecule has 2 aliphatic rings. The van der Waals surface area contributed by atoms with Crippen molar-refractivity contribution in [2.24, 2.45) is 5.92 Å². The molecule has 0 spiro atoms. The highest BCUT2D eigenvalue weighted by Gasteiger charge is 2.34. The second-order valence-electron chi connectivity index (χ2n) is 7.46. The van der Waals surface area contributed by atoms with Gasteiger partial charge in [-0.05, 0) is 23.6 Å². The van der Waals surface area contributed by atoms with Gasteiger partial charge in [-0.1, -0.05) is 26.0 Å². The van der Waals surface area contributed by atoms with Crippen LogP contribution in [0.3, 0.4) is 0 Å². The third-order valence-corrected chi connectivity index (χ3v) is 5.20. The third kappa shape index (κ3) is 4.83. The first kappa shape index (κ1) is 18.9. The Morgan fingerprint density at radius 1 is 1.27 bits per heavy atom. The minimum Gasteiger partial charge on any atom is -0.379 e. The third-order valence-electron chi connectivity index (χ3n) is 5.20. The van der Waals surface area contributed by atoms with Gasteiger partial charge in [0.15, 0.2) is 0 Å². The van der Waals surface area contributed by atoms with Crippen molar-refractivity contribution in [1.29, 1.82) is 0 Å². The molecule has 2 heterocycles. The molecule has 3 rings (SSSR count). The topological polar surface area (TPSA) is 61.9 Å². The molecular weight excluding hydrogens is 330 g/mol. The van der Waals surface area contributed by atoms with Gasteiger partial charge in [-0.2, -0.15) is 0 Å². The van der Waals surface area contributed by atoms with Crippen molar-refractivity contribution in [2.75, 3.05) is 51.3 Å². The summed E-state index contributed by atoms with van der Waals surface area (Å²) in [7, 11) is 0. The zero-order valence-corrected chi connectivity index (χ0v) is 15.7. The number of anilines is 1. The highest BCUT2D eigenvalue weighted by Crippen LogP contribution is 2.22. The van der Waals surface area contributed by atoms with E-state index in [1.807, 2.05) is 23.1 Å². The summed E-state index contributed by atoms with van der Waals surface area (Å²) in [6.45, 7) is 9.65. The molecule has 0 bridgehead atoms. The number of ether oxygens (including phenoxy) is 1. The first-order valence-corrected chi connectivity index (χ1v) is 9.51. The van der Waals surface area contributed by atoms with Gasteiger partial charge in [-0.15, -0.1) is 0 Å². The van der Waals surface area contributed by atoms with Gasteiger partial charge in [0.05, 0.1) is 19.1 Å². The van der Waals surface area contributed by atoms with E-state index in [2.05, 4.69) is 30.1 Å². The van der Waals surface area contributed by atoms with Crippen LogP contribution in [0, 0.1) is 5.92 Å². The summed E-state index contributed by atoms with van der Waals surface area (Å²) in [5.74, 6) is 0.160. The molecule has 0 aliphatic carbocycles. The largest absolute Gasteiger partial charge is 0.379 e. The van der Waals surface area contributed by atoms with Gasteiger partial charge in [-0.3, -0.25) is 14.5 Å². The molecule has 1 unspecified atom stereocenters. The van der Waals surface area contributed by atoms with E-state index in [-0.39, 0.29) is 17.7 Å². The summed E-state index contributed by atoms with van der Waals surface area (Å²) in [6.07, 6.45) is 0.304. The zero-order chi connectivity index (χ0) is 18.5. The summed E-state index contributed by atoms with van der Waals surface area (Å²) in [5, 5.41) is 2.98. The van der Waals surface area contributed by atoms with E-state index < -0.39 is 0 Å². The molecule has 1 aromatic rings. The van der Waals surface area contributed by atoms with Gasteiger partial charge < -0.3 is 15.0 Å². The molecule has 6 nitrogen and oxygen atoms in total. The van der Waals surface area contributed by atoms with Gasteiger partial charge in [0.1, 0.15) is 0 Å². The normalized spacial score (nSPS) is 21.4. The maximum atomic E-state index is 12.6. The van der Waals surface area contributed by atoms with Gasteiger partial charge in [0.2, 0.25) is 11.8 Å². The van der Waals surface area contributed by atoms with E-state index in [4.69, 9.17) is 4.74 Å². The molecular formula is C20H29N3O3. The Kier molecular flexibility index (Phi) is 6.27. The minimum absolute atomic E-state index is 0.0619. The molecule has 0 radical (unpaired) electrons. The first-order chi connectivity index (χ1) is 12.5. The Bertz CT molecular complexity index is 641. The van der Waals surface area contributed by atoms with Crippen molar-refractivity contribution >= 4 is 17.5 Å². The molecule has 1 N–H and O–H groups in total. The fourth-order valence-corrected chi connectivity index (χ4v) is 3.47. The summed E-state index contributed by atoms with van der Waals surface area (Å²) in [5.41, 5.74) is 2.00. The number of morpholine rings is 1. The summed E-state index contributed by atoms with van der Waals surface area (Å²) >= 11 is 0. The van der Waals surface area contributed by atoms with Crippen LogP contribution >= 0.6 is 0 Å². The molecule has 0 saturated carbocycles. The van der Waals surface area contributed by atoms with Gasteiger partial charge in [-0.25, -0.2) is 0 Å². The van der Waals surface area contributed by atoms with Crippen molar-refractivity contribution in [3.8, 4) is 0 Å². The molecule has 2 aliphatic heterocycles. The second-order valence-corrected chi connectivity index (χ2v) is 7.46. The van der Waals surface area contributed by atoms with Gasteiger partial charge >= 0.3 is 0 Å². The Balaban J connectivity index is 1.51. The van der Waals surface area contributed by atoms with E-state index in [0.29, 0.717) is 25.4 Å². The smallest absolute Gasteiger partial charge is 0.229 e. The molecule has 0 aromatic heterocycles. The van der Waals surface area contributed by atoms with Crippen LogP contribution in [-0.4, -0.2) is 67.6 Å². The number of rotatable bonds is 6.